The Hall–Kier alpha value is -2.80. The zero-order valence-electron chi connectivity index (χ0n) is 23.7. The molecule has 0 spiro atoms. The smallest absolute Gasteiger partial charge is 0.0361 e. The normalized spacial score (nSPS) is 21.6. The first-order valence-corrected chi connectivity index (χ1v) is 14.8. The lowest BCUT2D eigenvalue weighted by molar-refractivity contribution is 0.470. The molecule has 0 amide bonds. The average Bonchev–Trinajstić information content (AvgIpc) is 3.10. The van der Waals surface area contributed by atoms with E-state index in [2.05, 4.69) is 94.7 Å². The van der Waals surface area contributed by atoms with Crippen molar-refractivity contribution in [3.05, 3.63) is 93.2 Å². The summed E-state index contributed by atoms with van der Waals surface area (Å²) < 4.78 is 0. The maximum Gasteiger partial charge on any atom is 0.0361 e. The Kier molecular flexibility index (Phi) is 7.89. The van der Waals surface area contributed by atoms with E-state index in [-0.39, 0.29) is 0 Å². The van der Waals surface area contributed by atoms with Gasteiger partial charge in [-0.1, -0.05) is 76.1 Å². The molecule has 0 saturated heterocycles. The van der Waals surface area contributed by atoms with Gasteiger partial charge in [0.25, 0.3) is 0 Å². The van der Waals surface area contributed by atoms with Crippen molar-refractivity contribution in [2.45, 2.75) is 91.9 Å². The number of nitrogens with one attached hydrogen (secondary N) is 1. The molecule has 3 aliphatic rings. The van der Waals surface area contributed by atoms with Crippen LogP contribution in [0, 0.1) is 12.8 Å². The monoisotopic (exact) mass is 491 g/mol. The first-order chi connectivity index (χ1) is 18.0. The van der Waals surface area contributed by atoms with Crippen molar-refractivity contribution in [1.29, 1.82) is 0 Å². The fourth-order valence-electron chi connectivity index (χ4n) is 6.72. The summed E-state index contributed by atoms with van der Waals surface area (Å²) in [6.45, 7) is 12.6. The minimum Gasteiger partial charge on any atom is -0.387 e. The number of rotatable bonds is 6. The summed E-state index contributed by atoms with van der Waals surface area (Å²) in [5.74, 6) is 1.41. The Bertz CT molecular complexity index is 1280. The summed E-state index contributed by atoms with van der Waals surface area (Å²) in [7, 11) is 0. The van der Waals surface area contributed by atoms with Gasteiger partial charge in [-0.2, -0.15) is 0 Å². The van der Waals surface area contributed by atoms with Gasteiger partial charge in [0.05, 0.1) is 0 Å². The molecule has 1 heterocycles. The highest BCUT2D eigenvalue weighted by molar-refractivity contribution is 6.08. The third-order valence-electron chi connectivity index (χ3n) is 9.04. The number of dihydropyridines is 1. The molecular weight excluding hydrogens is 446 g/mol. The second-order valence-electron chi connectivity index (χ2n) is 11.6. The van der Waals surface area contributed by atoms with Gasteiger partial charge in [0.1, 0.15) is 0 Å². The molecule has 2 aromatic rings. The van der Waals surface area contributed by atoms with Gasteiger partial charge in [0.2, 0.25) is 0 Å². The highest BCUT2D eigenvalue weighted by Crippen LogP contribution is 2.44. The van der Waals surface area contributed by atoms with Crippen LogP contribution in [0.2, 0.25) is 0 Å². The zero-order valence-corrected chi connectivity index (χ0v) is 23.7. The summed E-state index contributed by atoms with van der Waals surface area (Å²) in [6, 6.07) is 11.9. The molecule has 2 aliphatic carbocycles. The Morgan fingerprint density at radius 3 is 2.65 bits per heavy atom. The molecule has 1 N–H and O–H groups in total. The van der Waals surface area contributed by atoms with E-state index in [0.717, 1.165) is 18.9 Å². The minimum atomic E-state index is 0.566. The molecule has 1 nitrogen and oxygen atoms in total. The number of benzene rings is 2. The lowest BCUT2D eigenvalue weighted by Gasteiger charge is -2.28. The van der Waals surface area contributed by atoms with Crippen molar-refractivity contribution in [2.24, 2.45) is 5.92 Å². The second kappa shape index (κ2) is 11.3. The van der Waals surface area contributed by atoms with Crippen molar-refractivity contribution in [1.82, 2.24) is 5.32 Å². The minimum absolute atomic E-state index is 0.566. The molecule has 2 aromatic carbocycles. The molecular formula is C36H45N. The molecule has 0 fully saturated rings. The summed E-state index contributed by atoms with van der Waals surface area (Å²) in [5.41, 5.74) is 16.0. The highest BCUT2D eigenvalue weighted by atomic mass is 14.8. The maximum atomic E-state index is 3.62. The summed E-state index contributed by atoms with van der Waals surface area (Å²) in [6.07, 6.45) is 19.4. The molecule has 0 radical (unpaired) electrons. The lowest BCUT2D eigenvalue weighted by Crippen LogP contribution is -2.17. The average molecular weight is 492 g/mol. The fraction of sp³-hybridized carbons (Fsp3) is 0.444. The van der Waals surface area contributed by atoms with Crippen LogP contribution in [0.25, 0.3) is 22.8 Å². The SMILES string of the molecule is CCCc1c(C)cccc1C1=C(C)CNC=C1c1cc(C2=CCC(CC)CC2)c2c(c1)C(C)CCC=C2. The number of hydrogen-bond acceptors (Lipinski definition) is 1. The van der Waals surface area contributed by atoms with Gasteiger partial charge in [-0.3, -0.25) is 0 Å². The van der Waals surface area contributed by atoms with E-state index >= 15 is 0 Å². The predicted molar refractivity (Wildman–Crippen MR) is 162 cm³/mol. The van der Waals surface area contributed by atoms with Gasteiger partial charge in [0, 0.05) is 18.3 Å². The van der Waals surface area contributed by atoms with Crippen LogP contribution in [-0.4, -0.2) is 6.54 Å². The van der Waals surface area contributed by atoms with Crippen LogP contribution in [0.15, 0.2) is 54.3 Å². The first-order valence-electron chi connectivity index (χ1n) is 14.8. The predicted octanol–water partition coefficient (Wildman–Crippen LogP) is 9.87. The molecule has 0 saturated carbocycles. The highest BCUT2D eigenvalue weighted by Gasteiger charge is 2.25. The van der Waals surface area contributed by atoms with Crippen LogP contribution in [0.4, 0.5) is 0 Å². The molecule has 1 heteroatoms. The number of fused-ring (bicyclic) bond motifs is 1. The molecule has 2 unspecified atom stereocenters. The topological polar surface area (TPSA) is 12.0 Å². The number of allylic oxidation sites excluding steroid dienone is 5. The van der Waals surface area contributed by atoms with Crippen LogP contribution in [0.5, 0.6) is 0 Å². The summed E-state index contributed by atoms with van der Waals surface area (Å²) >= 11 is 0. The molecule has 194 valence electrons. The van der Waals surface area contributed by atoms with Crippen LogP contribution >= 0.6 is 0 Å². The molecule has 0 aromatic heterocycles. The molecule has 37 heavy (non-hydrogen) atoms. The van der Waals surface area contributed by atoms with Crippen LogP contribution < -0.4 is 5.32 Å². The van der Waals surface area contributed by atoms with E-state index in [1.807, 2.05) is 0 Å². The molecule has 0 bridgehead atoms. The zero-order chi connectivity index (χ0) is 25.9. The van der Waals surface area contributed by atoms with Crippen LogP contribution in [-0.2, 0) is 6.42 Å². The third kappa shape index (κ3) is 5.15. The number of hydrogen-bond donors (Lipinski definition) is 1. The quantitative estimate of drug-likeness (QED) is 0.424. The van der Waals surface area contributed by atoms with E-state index < -0.39 is 0 Å². The Labute approximate surface area is 225 Å². The van der Waals surface area contributed by atoms with Crippen molar-refractivity contribution < 1.29 is 0 Å². The molecule has 5 rings (SSSR count). The van der Waals surface area contributed by atoms with Gasteiger partial charge in [-0.15, -0.1) is 0 Å². The van der Waals surface area contributed by atoms with Gasteiger partial charge in [-0.25, -0.2) is 0 Å². The van der Waals surface area contributed by atoms with Gasteiger partial charge < -0.3 is 5.32 Å². The van der Waals surface area contributed by atoms with Crippen molar-refractivity contribution >= 4 is 22.8 Å². The van der Waals surface area contributed by atoms with Crippen molar-refractivity contribution in [3.63, 3.8) is 0 Å². The Balaban J connectivity index is 1.68. The van der Waals surface area contributed by atoms with E-state index in [9.17, 15) is 0 Å². The van der Waals surface area contributed by atoms with Crippen LogP contribution in [0.3, 0.4) is 0 Å². The first kappa shape index (κ1) is 25.8. The van der Waals surface area contributed by atoms with E-state index in [4.69, 9.17) is 0 Å². The Morgan fingerprint density at radius 2 is 1.89 bits per heavy atom. The van der Waals surface area contributed by atoms with Gasteiger partial charge >= 0.3 is 0 Å². The summed E-state index contributed by atoms with van der Waals surface area (Å²) in [4.78, 5) is 0. The van der Waals surface area contributed by atoms with Gasteiger partial charge in [0.15, 0.2) is 0 Å². The summed E-state index contributed by atoms with van der Waals surface area (Å²) in [5, 5.41) is 3.62. The van der Waals surface area contributed by atoms with Crippen LogP contribution in [0.1, 0.15) is 118 Å². The Morgan fingerprint density at radius 1 is 1.03 bits per heavy atom. The molecule has 1 aliphatic heterocycles. The van der Waals surface area contributed by atoms with Crippen molar-refractivity contribution in [3.8, 4) is 0 Å². The maximum absolute atomic E-state index is 3.62. The van der Waals surface area contributed by atoms with Crippen molar-refractivity contribution in [2.75, 3.05) is 6.54 Å². The second-order valence-corrected chi connectivity index (χ2v) is 11.6. The third-order valence-corrected chi connectivity index (χ3v) is 9.04. The fourth-order valence-corrected chi connectivity index (χ4v) is 6.72. The van der Waals surface area contributed by atoms with Gasteiger partial charge in [-0.05, 0) is 126 Å². The van der Waals surface area contributed by atoms with E-state index in [1.165, 1.54) is 101 Å². The van der Waals surface area contributed by atoms with E-state index in [1.54, 1.807) is 5.57 Å². The largest absolute Gasteiger partial charge is 0.387 e. The standard InChI is InChI=1S/C36H45N/c1-6-11-30-24(3)13-10-15-32(30)36-26(5)22-37-23-35(36)29-20-33-25(4)12-8-9-14-31(33)34(21-29)28-18-16-27(7-2)17-19-28/h9-10,13-15,18,20-21,23,25,27,37H,6-8,11-12,16-17,19,22H2,1-5H3. The number of aryl methyl sites for hydroxylation is 1. The molecule has 2 atom stereocenters. The lowest BCUT2D eigenvalue weighted by atomic mass is 9.78. The van der Waals surface area contributed by atoms with E-state index in [0.29, 0.717) is 5.92 Å².